The Morgan fingerprint density at radius 3 is 2.81 bits per heavy atom. The molecular weight excluding hydrogens is 365 g/mol. The van der Waals surface area contributed by atoms with Crippen molar-refractivity contribution in [3.8, 4) is 10.7 Å². The molecule has 0 bridgehead atoms. The molecule has 27 heavy (non-hydrogen) atoms. The SMILES string of the molecule is COC(=O)c1cc(F)cc2[nH]c(-c3cc4c(s3)C(C(C)(C)C)NCC4)nc12. The van der Waals surface area contributed by atoms with Crippen LogP contribution in [0.25, 0.3) is 21.7 Å². The number of benzene rings is 1. The highest BCUT2D eigenvalue weighted by atomic mass is 32.1. The van der Waals surface area contributed by atoms with Gasteiger partial charge in [-0.2, -0.15) is 0 Å². The number of nitrogens with zero attached hydrogens (tertiary/aromatic N) is 1. The number of H-pyrrole nitrogens is 1. The minimum absolute atomic E-state index is 0.104. The lowest BCUT2D eigenvalue weighted by Gasteiger charge is -2.34. The quantitative estimate of drug-likeness (QED) is 0.638. The fraction of sp³-hybridized carbons (Fsp3) is 0.400. The molecule has 3 aromatic rings. The molecule has 0 amide bonds. The van der Waals surface area contributed by atoms with Gasteiger partial charge in [0.25, 0.3) is 0 Å². The number of hydrogen-bond acceptors (Lipinski definition) is 5. The molecule has 0 spiro atoms. The van der Waals surface area contributed by atoms with Crippen molar-refractivity contribution in [1.82, 2.24) is 15.3 Å². The van der Waals surface area contributed by atoms with Crippen LogP contribution in [-0.4, -0.2) is 29.6 Å². The van der Waals surface area contributed by atoms with Crippen molar-refractivity contribution in [3.63, 3.8) is 0 Å². The van der Waals surface area contributed by atoms with Gasteiger partial charge in [-0.1, -0.05) is 20.8 Å². The molecule has 4 rings (SSSR count). The first kappa shape index (κ1) is 18.1. The molecule has 2 N–H and O–H groups in total. The molecule has 0 saturated carbocycles. The van der Waals surface area contributed by atoms with E-state index in [9.17, 15) is 9.18 Å². The fourth-order valence-electron chi connectivity index (χ4n) is 3.61. The highest BCUT2D eigenvalue weighted by molar-refractivity contribution is 7.15. The van der Waals surface area contributed by atoms with E-state index in [1.165, 1.54) is 23.6 Å². The number of nitrogens with one attached hydrogen (secondary N) is 2. The highest BCUT2D eigenvalue weighted by Gasteiger charge is 2.32. The van der Waals surface area contributed by atoms with Gasteiger partial charge in [-0.25, -0.2) is 14.2 Å². The van der Waals surface area contributed by atoms with E-state index in [1.54, 1.807) is 11.3 Å². The molecule has 7 heteroatoms. The molecule has 2 aromatic heterocycles. The predicted octanol–water partition coefficient (Wildman–Crippen LogP) is 4.45. The van der Waals surface area contributed by atoms with Gasteiger partial charge in [0.05, 0.1) is 23.1 Å². The van der Waals surface area contributed by atoms with Crippen LogP contribution in [0.5, 0.6) is 0 Å². The minimum Gasteiger partial charge on any atom is -0.465 e. The van der Waals surface area contributed by atoms with Gasteiger partial charge in [0, 0.05) is 10.9 Å². The second-order valence-electron chi connectivity index (χ2n) is 7.93. The third-order valence-corrected chi connectivity index (χ3v) is 6.15. The van der Waals surface area contributed by atoms with Gasteiger partial charge >= 0.3 is 5.97 Å². The molecule has 142 valence electrons. The number of fused-ring (bicyclic) bond motifs is 2. The van der Waals surface area contributed by atoms with Crippen LogP contribution in [-0.2, 0) is 11.2 Å². The maximum atomic E-state index is 13.9. The molecule has 0 aliphatic carbocycles. The second-order valence-corrected chi connectivity index (χ2v) is 9.01. The number of halogens is 1. The molecule has 1 aromatic carbocycles. The number of imidazole rings is 1. The zero-order valence-corrected chi connectivity index (χ0v) is 16.6. The third-order valence-electron chi connectivity index (χ3n) is 4.90. The molecule has 1 aliphatic heterocycles. The summed E-state index contributed by atoms with van der Waals surface area (Å²) in [5.74, 6) is -0.451. The number of hydrogen-bond donors (Lipinski definition) is 2. The van der Waals surface area contributed by atoms with Gasteiger partial charge in [-0.3, -0.25) is 0 Å². The van der Waals surface area contributed by atoms with Gasteiger partial charge < -0.3 is 15.0 Å². The number of carbonyl (C=O) groups is 1. The van der Waals surface area contributed by atoms with Crippen molar-refractivity contribution in [2.75, 3.05) is 13.7 Å². The van der Waals surface area contributed by atoms with E-state index in [4.69, 9.17) is 4.74 Å². The minimum atomic E-state index is -0.597. The maximum Gasteiger partial charge on any atom is 0.340 e. The smallest absolute Gasteiger partial charge is 0.340 e. The number of esters is 1. The third kappa shape index (κ3) is 3.15. The van der Waals surface area contributed by atoms with Crippen LogP contribution >= 0.6 is 11.3 Å². The highest BCUT2D eigenvalue weighted by Crippen LogP contribution is 2.43. The molecule has 3 heterocycles. The summed E-state index contributed by atoms with van der Waals surface area (Å²) in [5.41, 5.74) is 2.48. The largest absolute Gasteiger partial charge is 0.465 e. The standard InChI is InChI=1S/C20H22FN3O2S/c1-20(2,3)17-16-10(5-6-22-17)7-14(27-16)18-23-13-9-11(21)8-12(15(13)24-18)19(25)26-4/h7-9,17,22H,5-6H2,1-4H3,(H,23,24). The van der Waals surface area contributed by atoms with Crippen LogP contribution in [0.1, 0.15) is 47.6 Å². The zero-order valence-electron chi connectivity index (χ0n) is 15.8. The summed E-state index contributed by atoms with van der Waals surface area (Å²) >= 11 is 1.70. The van der Waals surface area contributed by atoms with Gasteiger partial charge in [0.1, 0.15) is 17.2 Å². The average Bonchev–Trinajstić information content (AvgIpc) is 3.22. The van der Waals surface area contributed by atoms with Crippen LogP contribution in [0, 0.1) is 11.2 Å². The topological polar surface area (TPSA) is 67.0 Å². The Kier molecular flexibility index (Phi) is 4.31. The monoisotopic (exact) mass is 387 g/mol. The molecule has 1 unspecified atom stereocenters. The zero-order chi connectivity index (χ0) is 19.3. The summed E-state index contributed by atoms with van der Waals surface area (Å²) in [7, 11) is 1.28. The van der Waals surface area contributed by atoms with Crippen LogP contribution in [0.4, 0.5) is 4.39 Å². The first-order valence-corrected chi connectivity index (χ1v) is 9.73. The van der Waals surface area contributed by atoms with Gasteiger partial charge in [-0.15, -0.1) is 11.3 Å². The van der Waals surface area contributed by atoms with Crippen molar-refractivity contribution in [3.05, 3.63) is 40.0 Å². The number of aromatic amines is 1. The fourth-order valence-corrected chi connectivity index (χ4v) is 5.09. The van der Waals surface area contributed by atoms with Crippen LogP contribution in [0.3, 0.4) is 0 Å². The molecule has 0 saturated heterocycles. The van der Waals surface area contributed by atoms with Crippen LogP contribution in [0.2, 0.25) is 0 Å². The number of rotatable bonds is 2. The van der Waals surface area contributed by atoms with Crippen molar-refractivity contribution in [1.29, 1.82) is 0 Å². The van der Waals surface area contributed by atoms with E-state index in [2.05, 4.69) is 42.1 Å². The number of aromatic nitrogens is 2. The Hall–Kier alpha value is -2.25. The molecule has 1 atom stereocenters. The van der Waals surface area contributed by atoms with Crippen molar-refractivity contribution in [2.45, 2.75) is 33.2 Å². The van der Waals surface area contributed by atoms with E-state index >= 15 is 0 Å². The molecule has 0 fully saturated rings. The Bertz CT molecular complexity index is 1030. The van der Waals surface area contributed by atoms with Gasteiger partial charge in [0.15, 0.2) is 0 Å². The van der Waals surface area contributed by atoms with Crippen molar-refractivity contribution >= 4 is 28.3 Å². The van der Waals surface area contributed by atoms with Crippen molar-refractivity contribution < 1.29 is 13.9 Å². The van der Waals surface area contributed by atoms with E-state index in [0.717, 1.165) is 23.9 Å². The van der Waals surface area contributed by atoms with Gasteiger partial charge in [-0.05, 0) is 42.1 Å². The number of methoxy groups -OCH3 is 1. The predicted molar refractivity (Wildman–Crippen MR) is 105 cm³/mol. The summed E-state index contributed by atoms with van der Waals surface area (Å²) in [4.78, 5) is 22.1. The Balaban J connectivity index is 1.82. The van der Waals surface area contributed by atoms with E-state index < -0.39 is 11.8 Å². The molecule has 0 radical (unpaired) electrons. The normalized spacial score (nSPS) is 17.1. The summed E-state index contributed by atoms with van der Waals surface area (Å²) < 4.78 is 18.7. The van der Waals surface area contributed by atoms with Crippen LogP contribution < -0.4 is 5.32 Å². The second kappa shape index (κ2) is 6.42. The summed E-state index contributed by atoms with van der Waals surface area (Å²) in [6.45, 7) is 7.63. The number of thiophene rings is 1. The maximum absolute atomic E-state index is 13.9. The lowest BCUT2D eigenvalue weighted by Crippen LogP contribution is -2.36. The Morgan fingerprint density at radius 2 is 2.11 bits per heavy atom. The van der Waals surface area contributed by atoms with E-state index in [-0.39, 0.29) is 17.0 Å². The Labute approximate surface area is 161 Å². The number of ether oxygens (including phenoxy) is 1. The summed E-state index contributed by atoms with van der Waals surface area (Å²) in [6.07, 6.45) is 0.973. The van der Waals surface area contributed by atoms with Gasteiger partial charge in [0.2, 0.25) is 0 Å². The molecular formula is C20H22FN3O2S. The molecule has 1 aliphatic rings. The van der Waals surface area contributed by atoms with Crippen LogP contribution in [0.15, 0.2) is 18.2 Å². The first-order chi connectivity index (χ1) is 12.8. The first-order valence-electron chi connectivity index (χ1n) is 8.92. The lowest BCUT2D eigenvalue weighted by molar-refractivity contribution is 0.0602. The Morgan fingerprint density at radius 1 is 1.33 bits per heavy atom. The molecule has 5 nitrogen and oxygen atoms in total. The lowest BCUT2D eigenvalue weighted by atomic mass is 9.82. The number of carbonyl (C=O) groups excluding carboxylic acids is 1. The van der Waals surface area contributed by atoms with Crippen molar-refractivity contribution in [2.24, 2.45) is 5.41 Å². The van der Waals surface area contributed by atoms with E-state index in [0.29, 0.717) is 16.9 Å². The summed E-state index contributed by atoms with van der Waals surface area (Å²) in [5, 5.41) is 3.61. The average molecular weight is 387 g/mol. The van der Waals surface area contributed by atoms with E-state index in [1.807, 2.05) is 0 Å². The summed E-state index contributed by atoms with van der Waals surface area (Å²) in [6, 6.07) is 4.96.